The van der Waals surface area contributed by atoms with Gasteiger partial charge in [-0.15, -0.1) is 0 Å². The van der Waals surface area contributed by atoms with E-state index in [4.69, 9.17) is 15.2 Å². The fraction of sp³-hybridized carbons (Fsp3) is 0.632. The fourth-order valence-electron chi connectivity index (χ4n) is 2.86. The molecule has 1 atom stereocenters. The van der Waals surface area contributed by atoms with E-state index in [1.807, 2.05) is 51.1 Å². The van der Waals surface area contributed by atoms with Gasteiger partial charge in [0, 0.05) is 19.1 Å². The number of benzene rings is 1. The number of likely N-dealkylation sites (tertiary alicyclic amines) is 1. The smallest absolute Gasteiger partial charge is 0.410 e. The molecule has 1 aromatic carbocycles. The normalized spacial score (nSPS) is 17.6. The van der Waals surface area contributed by atoms with Crippen LogP contribution in [0.15, 0.2) is 30.3 Å². The van der Waals surface area contributed by atoms with Gasteiger partial charge in [-0.25, -0.2) is 4.79 Å². The zero-order valence-corrected chi connectivity index (χ0v) is 15.0. The summed E-state index contributed by atoms with van der Waals surface area (Å²) in [6.07, 6.45) is 1.57. The summed E-state index contributed by atoms with van der Waals surface area (Å²) < 4.78 is 11.2. The molecule has 0 aromatic heterocycles. The minimum atomic E-state index is -0.449. The third-order valence-electron chi connectivity index (χ3n) is 4.22. The van der Waals surface area contributed by atoms with Crippen LogP contribution in [0.5, 0.6) is 0 Å². The average Bonchev–Trinajstić information content (AvgIpc) is 2.54. The van der Waals surface area contributed by atoms with Crippen LogP contribution in [-0.2, 0) is 16.1 Å². The number of carbonyl (C=O) groups is 1. The van der Waals surface area contributed by atoms with E-state index in [1.165, 1.54) is 0 Å². The number of amides is 1. The van der Waals surface area contributed by atoms with Gasteiger partial charge in [0.1, 0.15) is 5.60 Å². The topological polar surface area (TPSA) is 64.8 Å². The molecule has 0 aliphatic carbocycles. The third kappa shape index (κ3) is 6.13. The number of nitrogens with two attached hydrogens (primary N) is 1. The Morgan fingerprint density at radius 1 is 1.25 bits per heavy atom. The molecule has 1 saturated heterocycles. The molecule has 1 heterocycles. The lowest BCUT2D eigenvalue weighted by molar-refractivity contribution is 0.0148. The molecule has 5 nitrogen and oxygen atoms in total. The first-order valence-corrected chi connectivity index (χ1v) is 8.70. The van der Waals surface area contributed by atoms with Crippen molar-refractivity contribution in [3.05, 3.63) is 35.9 Å². The maximum Gasteiger partial charge on any atom is 0.410 e. The Bertz CT molecular complexity index is 505. The first kappa shape index (κ1) is 18.7. The molecular formula is C19H30N2O3. The van der Waals surface area contributed by atoms with Crippen LogP contribution in [0.2, 0.25) is 0 Å². The Balaban J connectivity index is 1.68. The molecule has 2 rings (SSSR count). The molecule has 1 unspecified atom stereocenters. The highest BCUT2D eigenvalue weighted by atomic mass is 16.6. The lowest BCUT2D eigenvalue weighted by Crippen LogP contribution is -2.46. The van der Waals surface area contributed by atoms with Gasteiger partial charge in [-0.05, 0) is 45.1 Å². The lowest BCUT2D eigenvalue weighted by atomic mass is 9.90. The van der Waals surface area contributed by atoms with Crippen molar-refractivity contribution in [1.82, 2.24) is 4.90 Å². The van der Waals surface area contributed by atoms with Crippen LogP contribution in [0.3, 0.4) is 0 Å². The second kappa shape index (κ2) is 8.49. The molecule has 0 spiro atoms. The first-order valence-electron chi connectivity index (χ1n) is 8.70. The summed E-state index contributed by atoms with van der Waals surface area (Å²) >= 11 is 0. The number of hydrogen-bond donors (Lipinski definition) is 1. The van der Waals surface area contributed by atoms with Crippen molar-refractivity contribution in [2.24, 2.45) is 11.7 Å². The molecule has 134 valence electrons. The molecule has 2 N–H and O–H groups in total. The minimum absolute atomic E-state index is 0.00880. The second-order valence-corrected chi connectivity index (χ2v) is 7.47. The van der Waals surface area contributed by atoms with Crippen LogP contribution < -0.4 is 5.73 Å². The first-order chi connectivity index (χ1) is 11.3. The minimum Gasteiger partial charge on any atom is -0.444 e. The largest absolute Gasteiger partial charge is 0.444 e. The van der Waals surface area contributed by atoms with Crippen LogP contribution in [0.4, 0.5) is 4.79 Å². The standard InChI is InChI=1S/C19H30N2O3/c1-19(2,3)24-18(22)21-11-9-16(10-12-21)17(20)14-23-13-15-7-5-4-6-8-15/h4-8,16-17H,9-14,20H2,1-3H3. The van der Waals surface area contributed by atoms with Crippen LogP contribution in [-0.4, -0.2) is 42.3 Å². The quantitative estimate of drug-likeness (QED) is 0.898. The predicted octanol–water partition coefficient (Wildman–Crippen LogP) is 3.18. The molecule has 24 heavy (non-hydrogen) atoms. The van der Waals surface area contributed by atoms with E-state index in [-0.39, 0.29) is 12.1 Å². The van der Waals surface area contributed by atoms with Gasteiger partial charge in [-0.1, -0.05) is 30.3 Å². The molecule has 1 amide bonds. The van der Waals surface area contributed by atoms with Gasteiger partial charge in [0.05, 0.1) is 13.2 Å². The van der Waals surface area contributed by atoms with Crippen molar-refractivity contribution in [3.8, 4) is 0 Å². The molecule has 1 aliphatic rings. The number of piperidine rings is 1. The Labute approximate surface area is 145 Å². The summed E-state index contributed by atoms with van der Waals surface area (Å²) in [5.74, 6) is 0.388. The van der Waals surface area contributed by atoms with Gasteiger partial charge in [0.2, 0.25) is 0 Å². The average molecular weight is 334 g/mol. The number of hydrogen-bond acceptors (Lipinski definition) is 4. The Hall–Kier alpha value is -1.59. The second-order valence-electron chi connectivity index (χ2n) is 7.47. The van der Waals surface area contributed by atoms with E-state index in [9.17, 15) is 4.79 Å². The molecule has 1 fully saturated rings. The van der Waals surface area contributed by atoms with Crippen molar-refractivity contribution >= 4 is 6.09 Å². The zero-order chi connectivity index (χ0) is 17.6. The lowest BCUT2D eigenvalue weighted by Gasteiger charge is -2.35. The molecule has 5 heteroatoms. The van der Waals surface area contributed by atoms with Crippen molar-refractivity contribution in [2.75, 3.05) is 19.7 Å². The predicted molar refractivity (Wildman–Crippen MR) is 94.6 cm³/mol. The van der Waals surface area contributed by atoms with E-state index in [0.717, 1.165) is 18.4 Å². The number of carbonyl (C=O) groups excluding carboxylic acids is 1. The van der Waals surface area contributed by atoms with Crippen LogP contribution in [0.1, 0.15) is 39.2 Å². The number of ether oxygens (including phenoxy) is 2. The molecule has 0 radical (unpaired) electrons. The van der Waals surface area contributed by atoms with E-state index in [1.54, 1.807) is 4.90 Å². The summed E-state index contributed by atoms with van der Waals surface area (Å²) in [4.78, 5) is 13.8. The molecule has 1 aliphatic heterocycles. The van der Waals surface area contributed by atoms with Crippen LogP contribution in [0.25, 0.3) is 0 Å². The van der Waals surface area contributed by atoms with Gasteiger partial charge in [-0.2, -0.15) is 0 Å². The fourth-order valence-corrected chi connectivity index (χ4v) is 2.86. The third-order valence-corrected chi connectivity index (χ3v) is 4.22. The molecular weight excluding hydrogens is 304 g/mol. The van der Waals surface area contributed by atoms with Gasteiger partial charge in [0.15, 0.2) is 0 Å². The highest BCUT2D eigenvalue weighted by Gasteiger charge is 2.29. The zero-order valence-electron chi connectivity index (χ0n) is 15.0. The summed E-state index contributed by atoms with van der Waals surface area (Å²) in [7, 11) is 0. The van der Waals surface area contributed by atoms with E-state index in [0.29, 0.717) is 32.2 Å². The summed E-state index contributed by atoms with van der Waals surface area (Å²) in [5.41, 5.74) is 6.98. The van der Waals surface area contributed by atoms with Crippen molar-refractivity contribution in [1.29, 1.82) is 0 Å². The van der Waals surface area contributed by atoms with E-state index < -0.39 is 5.60 Å². The highest BCUT2D eigenvalue weighted by molar-refractivity contribution is 5.68. The summed E-state index contributed by atoms with van der Waals surface area (Å²) in [6, 6.07) is 10.1. The van der Waals surface area contributed by atoms with Gasteiger partial charge in [0.25, 0.3) is 0 Å². The Morgan fingerprint density at radius 2 is 1.88 bits per heavy atom. The van der Waals surface area contributed by atoms with Gasteiger partial charge in [-0.3, -0.25) is 0 Å². The summed E-state index contributed by atoms with van der Waals surface area (Å²) in [6.45, 7) is 8.20. The van der Waals surface area contributed by atoms with Gasteiger partial charge < -0.3 is 20.1 Å². The van der Waals surface area contributed by atoms with Crippen LogP contribution in [0, 0.1) is 5.92 Å². The highest BCUT2D eigenvalue weighted by Crippen LogP contribution is 2.22. The van der Waals surface area contributed by atoms with E-state index in [2.05, 4.69) is 0 Å². The van der Waals surface area contributed by atoms with Crippen molar-refractivity contribution in [2.45, 2.75) is 51.9 Å². The SMILES string of the molecule is CC(C)(C)OC(=O)N1CCC(C(N)COCc2ccccc2)CC1. The Kier molecular flexibility index (Phi) is 6.63. The number of nitrogens with zero attached hydrogens (tertiary/aromatic N) is 1. The summed E-state index contributed by atoms with van der Waals surface area (Å²) in [5, 5.41) is 0. The van der Waals surface area contributed by atoms with E-state index >= 15 is 0 Å². The van der Waals surface area contributed by atoms with Crippen molar-refractivity contribution in [3.63, 3.8) is 0 Å². The van der Waals surface area contributed by atoms with Crippen LogP contribution >= 0.6 is 0 Å². The number of rotatable bonds is 5. The maximum absolute atomic E-state index is 12.1. The molecule has 0 bridgehead atoms. The Morgan fingerprint density at radius 3 is 2.46 bits per heavy atom. The monoisotopic (exact) mass is 334 g/mol. The maximum atomic E-state index is 12.1. The van der Waals surface area contributed by atoms with Gasteiger partial charge >= 0.3 is 6.09 Å². The molecule has 0 saturated carbocycles. The molecule has 1 aromatic rings. The van der Waals surface area contributed by atoms with Crippen molar-refractivity contribution < 1.29 is 14.3 Å².